The zero-order chi connectivity index (χ0) is 8.53. The highest BCUT2D eigenvalue weighted by molar-refractivity contribution is 7.99. The van der Waals surface area contributed by atoms with Crippen molar-refractivity contribution in [2.45, 2.75) is 0 Å². The van der Waals surface area contributed by atoms with Crippen LogP contribution in [-0.2, 0) is 4.79 Å². The Bertz CT molecular complexity index is 138. The molecule has 0 aromatic rings. The molecule has 0 atom stereocenters. The van der Waals surface area contributed by atoms with Gasteiger partial charge in [-0.3, -0.25) is 4.79 Å². The van der Waals surface area contributed by atoms with Crippen LogP contribution < -0.4 is 5.32 Å². The van der Waals surface area contributed by atoms with Gasteiger partial charge in [-0.2, -0.15) is 11.8 Å². The SMILES string of the molecule is CSCC(=O)NC/C=C/CCl. The van der Waals surface area contributed by atoms with Crippen molar-refractivity contribution in [3.63, 3.8) is 0 Å². The van der Waals surface area contributed by atoms with Gasteiger partial charge in [-0.1, -0.05) is 12.2 Å². The highest BCUT2D eigenvalue weighted by Crippen LogP contribution is 1.88. The lowest BCUT2D eigenvalue weighted by atomic mass is 10.5. The molecule has 0 aliphatic rings. The molecule has 0 saturated carbocycles. The zero-order valence-electron chi connectivity index (χ0n) is 6.47. The third-order valence-electron chi connectivity index (χ3n) is 0.948. The first kappa shape index (κ1) is 10.8. The fourth-order valence-corrected chi connectivity index (χ4v) is 0.991. The van der Waals surface area contributed by atoms with E-state index in [1.165, 1.54) is 11.8 Å². The number of carbonyl (C=O) groups excluding carboxylic acids is 1. The van der Waals surface area contributed by atoms with Crippen LogP contribution in [0.5, 0.6) is 0 Å². The summed E-state index contributed by atoms with van der Waals surface area (Å²) in [6, 6.07) is 0. The van der Waals surface area contributed by atoms with E-state index in [9.17, 15) is 4.79 Å². The molecule has 0 bridgehead atoms. The molecule has 0 heterocycles. The molecule has 0 aromatic carbocycles. The van der Waals surface area contributed by atoms with Crippen molar-refractivity contribution in [3.05, 3.63) is 12.2 Å². The van der Waals surface area contributed by atoms with Crippen molar-refractivity contribution in [2.75, 3.05) is 24.4 Å². The molecule has 0 aliphatic heterocycles. The number of amides is 1. The third-order valence-corrected chi connectivity index (χ3v) is 1.68. The van der Waals surface area contributed by atoms with Gasteiger partial charge in [-0.15, -0.1) is 11.6 Å². The Balaban J connectivity index is 3.24. The van der Waals surface area contributed by atoms with Crippen LogP contribution in [0.15, 0.2) is 12.2 Å². The van der Waals surface area contributed by atoms with Gasteiger partial charge in [0.2, 0.25) is 5.91 Å². The summed E-state index contributed by atoms with van der Waals surface area (Å²) in [5, 5.41) is 2.71. The Morgan fingerprint density at radius 2 is 2.36 bits per heavy atom. The zero-order valence-corrected chi connectivity index (χ0v) is 8.04. The van der Waals surface area contributed by atoms with Crippen molar-refractivity contribution in [1.82, 2.24) is 5.32 Å². The van der Waals surface area contributed by atoms with Gasteiger partial charge in [-0.25, -0.2) is 0 Å². The molecule has 4 heteroatoms. The molecule has 2 nitrogen and oxygen atoms in total. The predicted molar refractivity (Wildman–Crippen MR) is 51.3 cm³/mol. The monoisotopic (exact) mass is 193 g/mol. The normalized spacial score (nSPS) is 10.4. The molecule has 0 aliphatic carbocycles. The number of nitrogens with one attached hydrogen (secondary N) is 1. The number of rotatable bonds is 5. The molecule has 64 valence electrons. The fourth-order valence-electron chi connectivity index (χ4n) is 0.501. The number of hydrogen-bond donors (Lipinski definition) is 1. The van der Waals surface area contributed by atoms with E-state index in [0.717, 1.165) is 0 Å². The van der Waals surface area contributed by atoms with Gasteiger partial charge in [0, 0.05) is 12.4 Å². The topological polar surface area (TPSA) is 29.1 Å². The first-order valence-electron chi connectivity index (χ1n) is 3.28. The smallest absolute Gasteiger partial charge is 0.230 e. The van der Waals surface area contributed by atoms with Crippen molar-refractivity contribution in [2.24, 2.45) is 0 Å². The van der Waals surface area contributed by atoms with Gasteiger partial charge in [0.1, 0.15) is 0 Å². The summed E-state index contributed by atoms with van der Waals surface area (Å²) >= 11 is 6.89. The molecular weight excluding hydrogens is 182 g/mol. The Labute approximate surface area is 76.4 Å². The summed E-state index contributed by atoms with van der Waals surface area (Å²) in [5.74, 6) is 1.09. The van der Waals surface area contributed by atoms with Gasteiger partial charge < -0.3 is 5.32 Å². The van der Waals surface area contributed by atoms with E-state index in [2.05, 4.69) is 5.32 Å². The quantitative estimate of drug-likeness (QED) is 0.526. The van der Waals surface area contributed by atoms with E-state index >= 15 is 0 Å². The van der Waals surface area contributed by atoms with Gasteiger partial charge in [0.05, 0.1) is 5.75 Å². The summed E-state index contributed by atoms with van der Waals surface area (Å²) < 4.78 is 0. The summed E-state index contributed by atoms with van der Waals surface area (Å²) in [6.45, 7) is 0.576. The Kier molecular flexibility index (Phi) is 7.84. The minimum atomic E-state index is 0.0664. The minimum absolute atomic E-state index is 0.0664. The average molecular weight is 194 g/mol. The van der Waals surface area contributed by atoms with Crippen LogP contribution in [0.2, 0.25) is 0 Å². The van der Waals surface area contributed by atoms with Gasteiger partial charge in [0.15, 0.2) is 0 Å². The van der Waals surface area contributed by atoms with Crippen LogP contribution in [0.3, 0.4) is 0 Å². The van der Waals surface area contributed by atoms with Crippen LogP contribution in [-0.4, -0.2) is 30.3 Å². The molecule has 11 heavy (non-hydrogen) atoms. The molecule has 0 fully saturated rings. The second-order valence-corrected chi connectivity index (χ2v) is 3.04. The number of allylic oxidation sites excluding steroid dienone is 1. The third kappa shape index (κ3) is 7.75. The highest BCUT2D eigenvalue weighted by Gasteiger charge is 1.94. The molecule has 1 amide bonds. The molecule has 1 N–H and O–H groups in total. The largest absolute Gasteiger partial charge is 0.352 e. The van der Waals surface area contributed by atoms with Crippen molar-refractivity contribution in [1.29, 1.82) is 0 Å². The Morgan fingerprint density at radius 1 is 1.64 bits per heavy atom. The number of alkyl halides is 1. The number of carbonyl (C=O) groups is 1. The average Bonchev–Trinajstić information content (AvgIpc) is 1.99. The highest BCUT2D eigenvalue weighted by atomic mass is 35.5. The molecule has 0 rings (SSSR count). The van der Waals surface area contributed by atoms with Crippen LogP contribution in [0.25, 0.3) is 0 Å². The molecule has 0 radical (unpaired) electrons. The van der Waals surface area contributed by atoms with E-state index in [0.29, 0.717) is 18.2 Å². The van der Waals surface area contributed by atoms with Gasteiger partial charge in [-0.05, 0) is 6.26 Å². The molecule has 0 saturated heterocycles. The molecule has 0 aromatic heterocycles. The Hall–Kier alpha value is -0.150. The van der Waals surface area contributed by atoms with E-state index in [1.54, 1.807) is 6.08 Å². The van der Waals surface area contributed by atoms with Gasteiger partial charge in [0.25, 0.3) is 0 Å². The number of hydrogen-bond acceptors (Lipinski definition) is 2. The molecular formula is C7H12ClNOS. The maximum atomic E-state index is 10.8. The maximum absolute atomic E-state index is 10.8. The summed E-state index contributed by atoms with van der Waals surface area (Å²) in [7, 11) is 0. The lowest BCUT2D eigenvalue weighted by Gasteiger charge is -1.98. The van der Waals surface area contributed by atoms with E-state index in [1.807, 2.05) is 12.3 Å². The first-order valence-corrected chi connectivity index (χ1v) is 5.20. The molecule has 0 unspecified atom stereocenters. The first-order chi connectivity index (χ1) is 5.31. The van der Waals surface area contributed by atoms with Crippen molar-refractivity contribution < 1.29 is 4.79 Å². The summed E-state index contributed by atoms with van der Waals surface area (Å²) in [4.78, 5) is 10.8. The van der Waals surface area contributed by atoms with Crippen LogP contribution in [0.1, 0.15) is 0 Å². The summed E-state index contributed by atoms with van der Waals surface area (Å²) in [6.07, 6.45) is 5.54. The number of halogens is 1. The minimum Gasteiger partial charge on any atom is -0.352 e. The van der Waals surface area contributed by atoms with Crippen molar-refractivity contribution in [3.8, 4) is 0 Å². The standard InChI is InChI=1S/C7H12ClNOS/c1-11-6-7(10)9-5-3-2-4-8/h2-3H,4-6H2,1H3,(H,9,10)/b3-2+. The maximum Gasteiger partial charge on any atom is 0.230 e. The van der Waals surface area contributed by atoms with Crippen LogP contribution in [0.4, 0.5) is 0 Å². The second kappa shape index (κ2) is 7.95. The predicted octanol–water partition coefficient (Wildman–Crippen LogP) is 1.26. The van der Waals surface area contributed by atoms with E-state index in [-0.39, 0.29) is 5.91 Å². The van der Waals surface area contributed by atoms with E-state index in [4.69, 9.17) is 11.6 Å². The molecule has 0 spiro atoms. The lowest BCUT2D eigenvalue weighted by molar-refractivity contribution is -0.118. The van der Waals surface area contributed by atoms with Gasteiger partial charge >= 0.3 is 0 Å². The van der Waals surface area contributed by atoms with Crippen LogP contribution in [0, 0.1) is 0 Å². The van der Waals surface area contributed by atoms with E-state index < -0.39 is 0 Å². The fraction of sp³-hybridized carbons (Fsp3) is 0.571. The summed E-state index contributed by atoms with van der Waals surface area (Å²) in [5.41, 5.74) is 0. The van der Waals surface area contributed by atoms with Crippen LogP contribution >= 0.6 is 23.4 Å². The second-order valence-electron chi connectivity index (χ2n) is 1.86. The van der Waals surface area contributed by atoms with Crippen molar-refractivity contribution >= 4 is 29.3 Å². The number of thioether (sulfide) groups is 1. The lowest BCUT2D eigenvalue weighted by Crippen LogP contribution is -2.24. The Morgan fingerprint density at radius 3 is 2.91 bits per heavy atom.